The Morgan fingerprint density at radius 3 is 2.64 bits per heavy atom. The quantitative estimate of drug-likeness (QED) is 0.616. The topological polar surface area (TPSA) is 49.2 Å². The second-order valence-corrected chi connectivity index (χ2v) is 5.42. The lowest BCUT2D eigenvalue weighted by atomic mass is 10.2. The monoisotopic (exact) mass is 306 g/mol. The van der Waals surface area contributed by atoms with Crippen molar-refractivity contribution in [3.63, 3.8) is 0 Å². The maximum atomic E-state index is 11.8. The van der Waals surface area contributed by atoms with Crippen molar-refractivity contribution in [3.05, 3.63) is 35.9 Å². The molecule has 0 amide bonds. The van der Waals surface area contributed by atoms with Crippen LogP contribution in [0.2, 0.25) is 0 Å². The summed E-state index contributed by atoms with van der Waals surface area (Å²) < 4.78 is 15.8. The number of quaternary nitrogens is 1. The average Bonchev–Trinajstić information content (AvgIpc) is 2.54. The molecule has 1 unspecified atom stereocenters. The Bertz CT molecular complexity index is 492. The molecule has 1 aliphatic rings. The van der Waals surface area contributed by atoms with Crippen molar-refractivity contribution in [2.75, 3.05) is 40.0 Å². The smallest absolute Gasteiger partial charge is 0.331 e. The second-order valence-electron chi connectivity index (χ2n) is 5.42. The molecule has 1 atom stereocenters. The van der Waals surface area contributed by atoms with Crippen LogP contribution in [0.3, 0.4) is 0 Å². The van der Waals surface area contributed by atoms with E-state index in [4.69, 9.17) is 14.2 Å². The zero-order valence-corrected chi connectivity index (χ0v) is 13.2. The van der Waals surface area contributed by atoms with Crippen molar-refractivity contribution < 1.29 is 23.9 Å². The largest absolute Gasteiger partial charge is 0.497 e. The summed E-state index contributed by atoms with van der Waals surface area (Å²) in [7, 11) is 1.63. The maximum Gasteiger partial charge on any atom is 0.331 e. The summed E-state index contributed by atoms with van der Waals surface area (Å²) in [5.41, 5.74) is 0.934. The van der Waals surface area contributed by atoms with Gasteiger partial charge < -0.3 is 19.1 Å². The second kappa shape index (κ2) is 8.56. The number of hydrogen-bond acceptors (Lipinski definition) is 4. The van der Waals surface area contributed by atoms with E-state index in [1.54, 1.807) is 13.2 Å². The normalized spacial score (nSPS) is 17.4. The molecule has 2 rings (SSSR count). The van der Waals surface area contributed by atoms with Gasteiger partial charge in [0.15, 0.2) is 0 Å². The summed E-state index contributed by atoms with van der Waals surface area (Å²) in [5, 5.41) is 0. The minimum Gasteiger partial charge on any atom is -0.497 e. The summed E-state index contributed by atoms with van der Waals surface area (Å²) in [5.74, 6) is 0.484. The van der Waals surface area contributed by atoms with Crippen molar-refractivity contribution >= 4 is 12.0 Å². The zero-order chi connectivity index (χ0) is 15.8. The standard InChI is InChI=1S/C17H23NO4/c1-14(13-18-9-11-21-12-10-18)22-17(19)8-5-15-3-6-16(20-2)7-4-15/h3-8,14H,9-13H2,1-2H3/p+1. The van der Waals surface area contributed by atoms with Gasteiger partial charge in [0.1, 0.15) is 31.5 Å². The fourth-order valence-corrected chi connectivity index (χ4v) is 2.43. The van der Waals surface area contributed by atoms with Gasteiger partial charge in [-0.1, -0.05) is 12.1 Å². The van der Waals surface area contributed by atoms with Crippen LogP contribution < -0.4 is 9.64 Å². The van der Waals surface area contributed by atoms with E-state index in [2.05, 4.69) is 0 Å². The van der Waals surface area contributed by atoms with Gasteiger partial charge in [0.2, 0.25) is 0 Å². The molecule has 0 bridgehead atoms. The maximum absolute atomic E-state index is 11.8. The predicted molar refractivity (Wildman–Crippen MR) is 84.0 cm³/mol. The minimum absolute atomic E-state index is 0.0962. The first-order valence-corrected chi connectivity index (χ1v) is 7.61. The molecule has 0 saturated carbocycles. The van der Waals surface area contributed by atoms with Crippen molar-refractivity contribution in [1.29, 1.82) is 0 Å². The van der Waals surface area contributed by atoms with E-state index in [-0.39, 0.29) is 12.1 Å². The first kappa shape index (κ1) is 16.5. The highest BCUT2D eigenvalue weighted by atomic mass is 16.5. The third-order valence-electron chi connectivity index (χ3n) is 3.62. The lowest BCUT2D eigenvalue weighted by molar-refractivity contribution is -0.910. The Balaban J connectivity index is 1.76. The Hall–Kier alpha value is -1.85. The van der Waals surface area contributed by atoms with Gasteiger partial charge in [-0.2, -0.15) is 0 Å². The summed E-state index contributed by atoms with van der Waals surface area (Å²) in [6.07, 6.45) is 3.12. The highest BCUT2D eigenvalue weighted by Crippen LogP contribution is 2.12. The number of rotatable bonds is 6. The van der Waals surface area contributed by atoms with Crippen molar-refractivity contribution in [1.82, 2.24) is 0 Å². The number of carbonyl (C=O) groups excluding carboxylic acids is 1. The van der Waals surface area contributed by atoms with Crippen LogP contribution in [0.5, 0.6) is 5.75 Å². The van der Waals surface area contributed by atoms with E-state index in [0.717, 1.165) is 44.2 Å². The van der Waals surface area contributed by atoms with E-state index in [9.17, 15) is 4.79 Å². The van der Waals surface area contributed by atoms with Gasteiger partial charge in [0.05, 0.1) is 20.3 Å². The summed E-state index contributed by atoms with van der Waals surface area (Å²) >= 11 is 0. The van der Waals surface area contributed by atoms with E-state index < -0.39 is 0 Å². The van der Waals surface area contributed by atoms with Crippen LogP contribution in [-0.4, -0.2) is 52.0 Å². The van der Waals surface area contributed by atoms with Crippen LogP contribution in [0.25, 0.3) is 6.08 Å². The van der Waals surface area contributed by atoms with Crippen LogP contribution in [0.15, 0.2) is 30.3 Å². The third-order valence-corrected chi connectivity index (χ3v) is 3.62. The molecule has 5 nitrogen and oxygen atoms in total. The Morgan fingerprint density at radius 2 is 2.00 bits per heavy atom. The van der Waals surface area contributed by atoms with Crippen LogP contribution >= 0.6 is 0 Å². The SMILES string of the molecule is COc1ccc(C=CC(=O)OC(C)C[NH+]2CCOCC2)cc1. The molecule has 0 aromatic heterocycles. The summed E-state index contributed by atoms with van der Waals surface area (Å²) in [6.45, 7) is 6.28. The Morgan fingerprint density at radius 1 is 1.32 bits per heavy atom. The molecule has 1 heterocycles. The van der Waals surface area contributed by atoms with Crippen molar-refractivity contribution in [2.45, 2.75) is 13.0 Å². The predicted octanol–water partition coefficient (Wildman–Crippen LogP) is 0.555. The van der Waals surface area contributed by atoms with E-state index in [1.807, 2.05) is 31.2 Å². The van der Waals surface area contributed by atoms with Crippen LogP contribution in [0.4, 0.5) is 0 Å². The number of benzene rings is 1. The number of morpholine rings is 1. The minimum atomic E-state index is -0.309. The van der Waals surface area contributed by atoms with Gasteiger partial charge in [-0.25, -0.2) is 4.79 Å². The number of carbonyl (C=O) groups is 1. The van der Waals surface area contributed by atoms with Gasteiger partial charge in [-0.3, -0.25) is 0 Å². The summed E-state index contributed by atoms with van der Waals surface area (Å²) in [6, 6.07) is 7.50. The third kappa shape index (κ3) is 5.50. The van der Waals surface area contributed by atoms with Gasteiger partial charge >= 0.3 is 5.97 Å². The molecule has 0 spiro atoms. The number of esters is 1. The van der Waals surface area contributed by atoms with E-state index in [1.165, 1.54) is 11.0 Å². The highest BCUT2D eigenvalue weighted by molar-refractivity contribution is 5.87. The summed E-state index contributed by atoms with van der Waals surface area (Å²) in [4.78, 5) is 13.2. The molecular formula is C17H24NO4+. The van der Waals surface area contributed by atoms with Gasteiger partial charge in [0.25, 0.3) is 0 Å². The molecule has 1 aliphatic heterocycles. The molecule has 1 aromatic rings. The van der Waals surface area contributed by atoms with Crippen LogP contribution in [0, 0.1) is 0 Å². The molecule has 5 heteroatoms. The molecule has 1 N–H and O–H groups in total. The van der Waals surface area contributed by atoms with Gasteiger partial charge in [0, 0.05) is 6.08 Å². The molecule has 1 aromatic carbocycles. The molecule has 120 valence electrons. The lowest BCUT2D eigenvalue weighted by Gasteiger charge is -2.25. The van der Waals surface area contributed by atoms with Crippen LogP contribution in [-0.2, 0) is 14.3 Å². The number of nitrogens with one attached hydrogen (secondary N) is 1. The average molecular weight is 306 g/mol. The van der Waals surface area contributed by atoms with Gasteiger partial charge in [-0.05, 0) is 30.7 Å². The fourth-order valence-electron chi connectivity index (χ4n) is 2.43. The number of ether oxygens (including phenoxy) is 3. The molecule has 1 fully saturated rings. The zero-order valence-electron chi connectivity index (χ0n) is 13.2. The lowest BCUT2D eigenvalue weighted by Crippen LogP contribution is -3.15. The number of methoxy groups -OCH3 is 1. The van der Waals surface area contributed by atoms with Crippen molar-refractivity contribution in [2.24, 2.45) is 0 Å². The van der Waals surface area contributed by atoms with Gasteiger partial charge in [-0.15, -0.1) is 0 Å². The van der Waals surface area contributed by atoms with Crippen LogP contribution in [0.1, 0.15) is 12.5 Å². The van der Waals surface area contributed by atoms with E-state index in [0.29, 0.717) is 0 Å². The molecule has 0 radical (unpaired) electrons. The van der Waals surface area contributed by atoms with Crippen molar-refractivity contribution in [3.8, 4) is 5.75 Å². The number of hydrogen-bond donors (Lipinski definition) is 1. The first-order valence-electron chi connectivity index (χ1n) is 7.61. The van der Waals surface area contributed by atoms with E-state index >= 15 is 0 Å². The Labute approximate surface area is 131 Å². The molecular weight excluding hydrogens is 282 g/mol. The molecule has 0 aliphatic carbocycles. The molecule has 1 saturated heterocycles. The first-order chi connectivity index (χ1) is 10.7. The molecule has 22 heavy (non-hydrogen) atoms. The Kier molecular flexibility index (Phi) is 6.43. The fraction of sp³-hybridized carbons (Fsp3) is 0.471. The highest BCUT2D eigenvalue weighted by Gasteiger charge is 2.18.